The van der Waals surface area contributed by atoms with Gasteiger partial charge in [-0.15, -0.1) is 0 Å². The first-order valence-corrected chi connectivity index (χ1v) is 11.0. The van der Waals surface area contributed by atoms with Crippen molar-refractivity contribution < 1.29 is 14.5 Å². The minimum atomic E-state index is -0.431. The molecule has 7 nitrogen and oxygen atoms in total. The minimum absolute atomic E-state index is 0.0864. The third-order valence-electron chi connectivity index (χ3n) is 7.95. The van der Waals surface area contributed by atoms with Gasteiger partial charge in [-0.3, -0.25) is 19.7 Å². The summed E-state index contributed by atoms with van der Waals surface area (Å²) in [5.74, 6) is 0.167. The third-order valence-corrected chi connectivity index (χ3v) is 7.95. The molecule has 2 amide bonds. The number of benzene rings is 1. The quantitative estimate of drug-likeness (QED) is 0.349. The number of anilines is 2. The molecular weight excluding hydrogens is 382 g/mol. The molecule has 30 heavy (non-hydrogen) atoms. The second-order valence-electron chi connectivity index (χ2n) is 9.49. The number of carbonyl (C=O) groups is 2. The molecule has 1 heterocycles. The van der Waals surface area contributed by atoms with E-state index >= 15 is 0 Å². The molecule has 7 atom stereocenters. The first kappa shape index (κ1) is 19.3. The van der Waals surface area contributed by atoms with Crippen LogP contribution in [0.2, 0.25) is 0 Å². The summed E-state index contributed by atoms with van der Waals surface area (Å²) in [4.78, 5) is 38.6. The lowest BCUT2D eigenvalue weighted by molar-refractivity contribution is -0.383. The van der Waals surface area contributed by atoms with Gasteiger partial charge >= 0.3 is 0 Å². The molecule has 0 unspecified atom stereocenters. The molecule has 2 saturated carbocycles. The molecule has 0 spiro atoms. The van der Waals surface area contributed by atoms with E-state index in [2.05, 4.69) is 19.2 Å². The van der Waals surface area contributed by atoms with Crippen LogP contribution < -0.4 is 10.2 Å². The number of amides is 2. The molecule has 3 aliphatic carbocycles. The predicted molar refractivity (Wildman–Crippen MR) is 113 cm³/mol. The fourth-order valence-corrected chi connectivity index (χ4v) is 6.07. The zero-order chi connectivity index (χ0) is 21.2. The summed E-state index contributed by atoms with van der Waals surface area (Å²) in [5.41, 5.74) is 0.675. The van der Waals surface area contributed by atoms with Crippen LogP contribution >= 0.6 is 0 Å². The molecule has 1 aromatic rings. The van der Waals surface area contributed by atoms with Crippen molar-refractivity contribution in [2.45, 2.75) is 45.6 Å². The number of nitro groups is 1. The van der Waals surface area contributed by atoms with Gasteiger partial charge in [0, 0.05) is 12.1 Å². The van der Waals surface area contributed by atoms with Crippen LogP contribution in [0.3, 0.4) is 0 Å². The molecule has 4 aliphatic rings. The van der Waals surface area contributed by atoms with E-state index in [-0.39, 0.29) is 47.2 Å². The highest BCUT2D eigenvalue weighted by atomic mass is 16.6. The number of carbonyl (C=O) groups excluding carboxylic acids is 2. The van der Waals surface area contributed by atoms with Crippen molar-refractivity contribution in [1.82, 2.24) is 0 Å². The van der Waals surface area contributed by atoms with Gasteiger partial charge in [0.2, 0.25) is 11.8 Å². The fourth-order valence-electron chi connectivity index (χ4n) is 6.07. The molecule has 5 rings (SSSR count). The highest BCUT2D eigenvalue weighted by molar-refractivity contribution is 6.23. The first-order chi connectivity index (χ1) is 14.4. The Bertz CT molecular complexity index is 928. The highest BCUT2D eigenvalue weighted by Gasteiger charge is 2.59. The van der Waals surface area contributed by atoms with E-state index in [1.165, 1.54) is 17.4 Å². The standard InChI is InChI=1S/C23H27N3O4/c1-12-4-3-5-17(13(12)2)24-18-9-8-16(11-19(18)26(29)30)25-22(27)20-14-6-7-15(10-14)21(20)23(25)28/h6-9,11-15,17,20-21,24H,3-5,10H2,1-2H3/t12-,13-,14+,15+,17+,20-,21-/m1/s1. The largest absolute Gasteiger partial charge is 0.376 e. The van der Waals surface area contributed by atoms with Crippen LogP contribution in [-0.4, -0.2) is 22.8 Å². The number of rotatable bonds is 4. The number of hydrogen-bond acceptors (Lipinski definition) is 5. The summed E-state index contributed by atoms with van der Waals surface area (Å²) >= 11 is 0. The van der Waals surface area contributed by atoms with Gasteiger partial charge in [-0.1, -0.05) is 38.8 Å². The van der Waals surface area contributed by atoms with E-state index in [0.29, 0.717) is 23.2 Å². The summed E-state index contributed by atoms with van der Waals surface area (Å²) in [6.07, 6.45) is 8.21. The topological polar surface area (TPSA) is 92.6 Å². The van der Waals surface area contributed by atoms with Crippen LogP contribution in [0.15, 0.2) is 30.4 Å². The Balaban J connectivity index is 1.44. The molecule has 1 N–H and O–H groups in total. The van der Waals surface area contributed by atoms with Crippen molar-refractivity contribution in [3.8, 4) is 0 Å². The third kappa shape index (κ3) is 2.78. The average Bonchev–Trinajstić information content (AvgIpc) is 3.40. The summed E-state index contributed by atoms with van der Waals surface area (Å²) < 4.78 is 0. The molecule has 3 fully saturated rings. The van der Waals surface area contributed by atoms with Crippen molar-refractivity contribution in [1.29, 1.82) is 0 Å². The maximum Gasteiger partial charge on any atom is 0.294 e. The Labute approximate surface area is 175 Å². The van der Waals surface area contributed by atoms with E-state index < -0.39 is 4.92 Å². The number of allylic oxidation sites excluding steroid dienone is 2. The van der Waals surface area contributed by atoms with Gasteiger partial charge in [-0.25, -0.2) is 4.90 Å². The predicted octanol–water partition coefficient (Wildman–Crippen LogP) is 4.14. The van der Waals surface area contributed by atoms with Gasteiger partial charge in [0.15, 0.2) is 0 Å². The Morgan fingerprint density at radius 2 is 1.73 bits per heavy atom. The number of fused-ring (bicyclic) bond motifs is 5. The van der Waals surface area contributed by atoms with Crippen LogP contribution in [0.1, 0.15) is 39.5 Å². The molecule has 2 bridgehead atoms. The molecule has 0 radical (unpaired) electrons. The van der Waals surface area contributed by atoms with Crippen molar-refractivity contribution >= 4 is 28.9 Å². The molecular formula is C23H27N3O4. The van der Waals surface area contributed by atoms with Crippen LogP contribution in [0.4, 0.5) is 17.1 Å². The number of nitrogens with one attached hydrogen (secondary N) is 1. The highest BCUT2D eigenvalue weighted by Crippen LogP contribution is 2.53. The smallest absolute Gasteiger partial charge is 0.294 e. The number of imide groups is 1. The lowest BCUT2D eigenvalue weighted by atomic mass is 9.78. The molecule has 1 aromatic carbocycles. The average molecular weight is 409 g/mol. The van der Waals surface area contributed by atoms with Gasteiger partial charge in [-0.05, 0) is 48.6 Å². The first-order valence-electron chi connectivity index (χ1n) is 11.0. The van der Waals surface area contributed by atoms with Gasteiger partial charge in [0.1, 0.15) is 5.69 Å². The zero-order valence-electron chi connectivity index (χ0n) is 17.3. The van der Waals surface area contributed by atoms with Gasteiger partial charge in [0.05, 0.1) is 22.4 Å². The van der Waals surface area contributed by atoms with Crippen LogP contribution in [0, 0.1) is 45.6 Å². The zero-order valence-corrected chi connectivity index (χ0v) is 17.3. The normalized spacial score (nSPS) is 37.0. The van der Waals surface area contributed by atoms with Crippen molar-refractivity contribution in [2.75, 3.05) is 10.2 Å². The molecule has 0 aromatic heterocycles. The van der Waals surface area contributed by atoms with E-state index in [1.54, 1.807) is 12.1 Å². The van der Waals surface area contributed by atoms with Crippen molar-refractivity contribution in [3.63, 3.8) is 0 Å². The Kier molecular flexibility index (Phi) is 4.45. The number of hydrogen-bond donors (Lipinski definition) is 1. The summed E-state index contributed by atoms with van der Waals surface area (Å²) in [5, 5.41) is 15.2. The maximum atomic E-state index is 13.0. The number of nitrogens with zero attached hydrogens (tertiary/aromatic N) is 2. The lowest BCUT2D eigenvalue weighted by Crippen LogP contribution is -2.35. The van der Waals surface area contributed by atoms with E-state index in [4.69, 9.17) is 0 Å². The molecule has 7 heteroatoms. The second-order valence-corrected chi connectivity index (χ2v) is 9.49. The van der Waals surface area contributed by atoms with Crippen LogP contribution in [0.25, 0.3) is 0 Å². The summed E-state index contributed by atoms with van der Waals surface area (Å²) in [6.45, 7) is 4.41. The lowest BCUT2D eigenvalue weighted by Gasteiger charge is -2.35. The Hall–Kier alpha value is -2.70. The molecule has 1 saturated heterocycles. The van der Waals surface area contributed by atoms with Crippen molar-refractivity contribution in [3.05, 3.63) is 40.5 Å². The fraction of sp³-hybridized carbons (Fsp3) is 0.565. The minimum Gasteiger partial charge on any atom is -0.376 e. The van der Waals surface area contributed by atoms with Crippen molar-refractivity contribution in [2.24, 2.45) is 35.5 Å². The second kappa shape index (κ2) is 6.93. The Morgan fingerprint density at radius 1 is 1.07 bits per heavy atom. The summed E-state index contributed by atoms with van der Waals surface area (Å²) in [7, 11) is 0. The van der Waals surface area contributed by atoms with Gasteiger partial charge in [-0.2, -0.15) is 0 Å². The summed E-state index contributed by atoms with van der Waals surface area (Å²) in [6, 6.07) is 4.87. The van der Waals surface area contributed by atoms with Crippen LogP contribution in [0.5, 0.6) is 0 Å². The molecule has 1 aliphatic heterocycles. The van der Waals surface area contributed by atoms with Gasteiger partial charge in [0.25, 0.3) is 5.69 Å². The molecule has 158 valence electrons. The maximum absolute atomic E-state index is 13.0. The van der Waals surface area contributed by atoms with E-state index in [0.717, 1.165) is 19.3 Å². The SMILES string of the molecule is C[C@@H]1[C@H](C)CCC[C@@H]1Nc1ccc(N2C(=O)[C@H]3[C@H](C2=O)[C@H]2C=C[C@H]3C2)cc1[N+](=O)[O-]. The monoisotopic (exact) mass is 409 g/mol. The van der Waals surface area contributed by atoms with Gasteiger partial charge < -0.3 is 5.32 Å². The van der Waals surface area contributed by atoms with E-state index in [1.807, 2.05) is 12.2 Å². The van der Waals surface area contributed by atoms with Crippen LogP contribution in [-0.2, 0) is 9.59 Å². The van der Waals surface area contributed by atoms with E-state index in [9.17, 15) is 19.7 Å². The Morgan fingerprint density at radius 3 is 2.37 bits per heavy atom. The number of nitro benzene ring substituents is 1.